The number of hydrogen-bond acceptors (Lipinski definition) is 3. The third-order valence-electron chi connectivity index (χ3n) is 4.28. The first-order valence-electron chi connectivity index (χ1n) is 6.84. The van der Waals surface area contributed by atoms with Gasteiger partial charge in [0, 0.05) is 44.3 Å². The van der Waals surface area contributed by atoms with Crippen LogP contribution < -0.4 is 5.73 Å². The monoisotopic (exact) mass is 225 g/mol. The Balaban J connectivity index is 1.76. The first kappa shape index (κ1) is 12.3. The normalized spacial score (nSPS) is 27.8. The molecule has 94 valence electrons. The van der Waals surface area contributed by atoms with Crippen molar-refractivity contribution in [2.75, 3.05) is 32.7 Å². The smallest absolute Gasteiger partial charge is 0.0283 e. The van der Waals surface area contributed by atoms with Gasteiger partial charge in [0.15, 0.2) is 0 Å². The van der Waals surface area contributed by atoms with E-state index in [9.17, 15) is 0 Å². The fourth-order valence-electron chi connectivity index (χ4n) is 3.12. The molecule has 16 heavy (non-hydrogen) atoms. The third-order valence-corrected chi connectivity index (χ3v) is 4.28. The highest BCUT2D eigenvalue weighted by Gasteiger charge is 2.32. The summed E-state index contributed by atoms with van der Waals surface area (Å²) >= 11 is 0. The predicted octanol–water partition coefficient (Wildman–Crippen LogP) is 1.28. The van der Waals surface area contributed by atoms with Crippen LogP contribution in [-0.4, -0.2) is 54.1 Å². The Hall–Kier alpha value is -0.120. The summed E-state index contributed by atoms with van der Waals surface area (Å²) in [6.45, 7) is 10.5. The van der Waals surface area contributed by atoms with Gasteiger partial charge >= 0.3 is 0 Å². The van der Waals surface area contributed by atoms with Crippen LogP contribution in [0.5, 0.6) is 0 Å². The average Bonchev–Trinajstić information content (AvgIpc) is 2.65. The zero-order valence-electron chi connectivity index (χ0n) is 10.9. The van der Waals surface area contributed by atoms with Crippen LogP contribution in [-0.2, 0) is 0 Å². The Morgan fingerprint density at radius 3 is 2.12 bits per heavy atom. The predicted molar refractivity (Wildman–Crippen MR) is 68.5 cm³/mol. The second-order valence-electron chi connectivity index (χ2n) is 5.98. The zero-order chi connectivity index (χ0) is 11.6. The van der Waals surface area contributed by atoms with Crippen LogP contribution in [0.15, 0.2) is 0 Å². The van der Waals surface area contributed by atoms with E-state index in [1.807, 2.05) is 0 Å². The fourth-order valence-corrected chi connectivity index (χ4v) is 3.12. The van der Waals surface area contributed by atoms with E-state index in [1.165, 1.54) is 51.9 Å². The minimum atomic E-state index is 0.139. The summed E-state index contributed by atoms with van der Waals surface area (Å²) in [5.74, 6) is 0. The van der Waals surface area contributed by atoms with Gasteiger partial charge in [0.25, 0.3) is 0 Å². The number of nitrogens with zero attached hydrogens (tertiary/aromatic N) is 2. The molecule has 1 aliphatic carbocycles. The second-order valence-corrected chi connectivity index (χ2v) is 5.98. The van der Waals surface area contributed by atoms with E-state index in [1.54, 1.807) is 0 Å². The molecule has 0 bridgehead atoms. The van der Waals surface area contributed by atoms with Gasteiger partial charge in [-0.1, -0.05) is 12.8 Å². The molecule has 3 heteroatoms. The summed E-state index contributed by atoms with van der Waals surface area (Å²) in [6.07, 6.45) is 5.14. The molecule has 0 unspecified atom stereocenters. The van der Waals surface area contributed by atoms with Gasteiger partial charge in [0.2, 0.25) is 0 Å². The van der Waals surface area contributed by atoms with Crippen LogP contribution >= 0.6 is 0 Å². The highest BCUT2D eigenvalue weighted by Crippen LogP contribution is 2.28. The van der Waals surface area contributed by atoms with Crippen LogP contribution in [0, 0.1) is 0 Å². The largest absolute Gasteiger partial charge is 0.324 e. The van der Waals surface area contributed by atoms with E-state index < -0.39 is 0 Å². The SMILES string of the molecule is CC(C)N1CCN(CC2(N)CCCC2)CC1. The number of rotatable bonds is 3. The Morgan fingerprint density at radius 1 is 1.06 bits per heavy atom. The van der Waals surface area contributed by atoms with Gasteiger partial charge < -0.3 is 5.73 Å². The number of hydrogen-bond donors (Lipinski definition) is 1. The van der Waals surface area contributed by atoms with E-state index in [0.717, 1.165) is 6.54 Å². The summed E-state index contributed by atoms with van der Waals surface area (Å²) in [6, 6.07) is 0.695. The molecule has 1 heterocycles. The molecule has 0 aromatic rings. The van der Waals surface area contributed by atoms with E-state index >= 15 is 0 Å². The zero-order valence-corrected chi connectivity index (χ0v) is 10.9. The molecule has 2 rings (SSSR count). The molecule has 0 radical (unpaired) electrons. The lowest BCUT2D eigenvalue weighted by Crippen LogP contribution is -2.55. The molecule has 1 aliphatic heterocycles. The van der Waals surface area contributed by atoms with Gasteiger partial charge in [-0.25, -0.2) is 0 Å². The van der Waals surface area contributed by atoms with Crippen LogP contribution in [0.4, 0.5) is 0 Å². The molecule has 0 aromatic carbocycles. The minimum absolute atomic E-state index is 0.139. The van der Waals surface area contributed by atoms with Crippen molar-refractivity contribution in [1.82, 2.24) is 9.80 Å². The second kappa shape index (κ2) is 5.03. The highest BCUT2D eigenvalue weighted by atomic mass is 15.3. The maximum Gasteiger partial charge on any atom is 0.0283 e. The number of piperazine rings is 1. The van der Waals surface area contributed by atoms with E-state index in [-0.39, 0.29) is 5.54 Å². The molecule has 0 atom stereocenters. The Kier molecular flexibility index (Phi) is 3.88. The molecule has 0 spiro atoms. The molecule has 3 nitrogen and oxygen atoms in total. The van der Waals surface area contributed by atoms with Crippen molar-refractivity contribution < 1.29 is 0 Å². The minimum Gasteiger partial charge on any atom is -0.324 e. The number of nitrogens with two attached hydrogens (primary N) is 1. The third kappa shape index (κ3) is 2.96. The lowest BCUT2D eigenvalue weighted by Gasteiger charge is -2.40. The first-order chi connectivity index (χ1) is 7.59. The molecule has 2 aliphatic rings. The van der Waals surface area contributed by atoms with Gasteiger partial charge in [-0.05, 0) is 26.7 Å². The lowest BCUT2D eigenvalue weighted by molar-refractivity contribution is 0.0916. The van der Waals surface area contributed by atoms with Gasteiger partial charge in [0.1, 0.15) is 0 Å². The van der Waals surface area contributed by atoms with Gasteiger partial charge in [0.05, 0.1) is 0 Å². The van der Waals surface area contributed by atoms with Crippen molar-refractivity contribution in [3.8, 4) is 0 Å². The average molecular weight is 225 g/mol. The summed E-state index contributed by atoms with van der Waals surface area (Å²) in [5.41, 5.74) is 6.57. The quantitative estimate of drug-likeness (QED) is 0.785. The van der Waals surface area contributed by atoms with Crippen molar-refractivity contribution in [2.45, 2.75) is 51.1 Å². The molecule has 1 saturated carbocycles. The summed E-state index contributed by atoms with van der Waals surface area (Å²) < 4.78 is 0. The Labute approximate surface area is 100.0 Å². The van der Waals surface area contributed by atoms with Crippen LogP contribution in [0.2, 0.25) is 0 Å². The molecule has 1 saturated heterocycles. The van der Waals surface area contributed by atoms with Crippen molar-refractivity contribution in [3.63, 3.8) is 0 Å². The van der Waals surface area contributed by atoms with Crippen LogP contribution in [0.25, 0.3) is 0 Å². The van der Waals surface area contributed by atoms with Crippen molar-refractivity contribution in [1.29, 1.82) is 0 Å². The molecule has 0 amide bonds. The molecule has 0 aromatic heterocycles. The van der Waals surface area contributed by atoms with Crippen LogP contribution in [0.3, 0.4) is 0 Å². The van der Waals surface area contributed by atoms with Crippen molar-refractivity contribution >= 4 is 0 Å². The topological polar surface area (TPSA) is 32.5 Å². The van der Waals surface area contributed by atoms with Crippen molar-refractivity contribution in [2.24, 2.45) is 5.73 Å². The lowest BCUT2D eigenvalue weighted by atomic mass is 9.98. The Morgan fingerprint density at radius 2 is 1.62 bits per heavy atom. The van der Waals surface area contributed by atoms with Crippen molar-refractivity contribution in [3.05, 3.63) is 0 Å². The maximum absolute atomic E-state index is 6.43. The first-order valence-corrected chi connectivity index (χ1v) is 6.84. The molecule has 2 N–H and O–H groups in total. The highest BCUT2D eigenvalue weighted by molar-refractivity contribution is 4.93. The summed E-state index contributed by atoms with van der Waals surface area (Å²) in [5, 5.41) is 0. The van der Waals surface area contributed by atoms with Gasteiger partial charge in [-0.15, -0.1) is 0 Å². The van der Waals surface area contributed by atoms with E-state index in [0.29, 0.717) is 6.04 Å². The molecular weight excluding hydrogens is 198 g/mol. The van der Waals surface area contributed by atoms with Crippen LogP contribution in [0.1, 0.15) is 39.5 Å². The van der Waals surface area contributed by atoms with Gasteiger partial charge in [-0.2, -0.15) is 0 Å². The Bertz CT molecular complexity index is 213. The summed E-state index contributed by atoms with van der Waals surface area (Å²) in [7, 11) is 0. The van der Waals surface area contributed by atoms with Gasteiger partial charge in [-0.3, -0.25) is 9.80 Å². The maximum atomic E-state index is 6.43. The van der Waals surface area contributed by atoms with E-state index in [2.05, 4.69) is 23.6 Å². The fraction of sp³-hybridized carbons (Fsp3) is 1.00. The summed E-state index contributed by atoms with van der Waals surface area (Å²) in [4.78, 5) is 5.14. The molecular formula is C13H27N3. The molecule has 2 fully saturated rings. The van der Waals surface area contributed by atoms with E-state index in [4.69, 9.17) is 5.73 Å². The standard InChI is InChI=1S/C13H27N3/c1-12(2)16-9-7-15(8-10-16)11-13(14)5-3-4-6-13/h12H,3-11,14H2,1-2H3.